The molecule has 2 aromatic rings. The Morgan fingerprint density at radius 3 is 2.34 bits per heavy atom. The first kappa shape index (κ1) is 21.5. The maximum atomic E-state index is 12.4. The number of carboxylic acid groups (broad SMARTS) is 1. The molecule has 11 heteroatoms. The number of carbonyl (C=O) groups excluding carboxylic acids is 2. The summed E-state index contributed by atoms with van der Waals surface area (Å²) < 4.78 is 46.0. The third-order valence-corrected chi connectivity index (χ3v) is 3.32. The van der Waals surface area contributed by atoms with Crippen LogP contribution in [0.4, 0.5) is 23.7 Å². The van der Waals surface area contributed by atoms with Crippen molar-refractivity contribution < 1.29 is 42.1 Å². The summed E-state index contributed by atoms with van der Waals surface area (Å²) in [5, 5.41) is 12.9. The van der Waals surface area contributed by atoms with E-state index in [9.17, 15) is 27.6 Å². The van der Waals surface area contributed by atoms with E-state index in [1.165, 1.54) is 0 Å². The second kappa shape index (κ2) is 9.44. The molecule has 2 amide bonds. The fourth-order valence-electron chi connectivity index (χ4n) is 2.14. The van der Waals surface area contributed by atoms with Crippen LogP contribution in [0.5, 0.6) is 5.75 Å². The first-order valence-electron chi connectivity index (χ1n) is 8.01. The molecular weight excluding hydrogens is 397 g/mol. The highest BCUT2D eigenvalue weighted by Crippen LogP contribution is 2.27. The van der Waals surface area contributed by atoms with E-state index in [0.29, 0.717) is 5.56 Å². The number of ether oxygens (including phenoxy) is 2. The van der Waals surface area contributed by atoms with Gasteiger partial charge in [-0.1, -0.05) is 30.3 Å². The Morgan fingerprint density at radius 2 is 1.72 bits per heavy atom. The van der Waals surface area contributed by atoms with Crippen LogP contribution in [0.25, 0.3) is 0 Å². The minimum atomic E-state index is -5.00. The Balaban J connectivity index is 2.16. The number of amides is 2. The van der Waals surface area contributed by atoms with Crippen LogP contribution in [-0.2, 0) is 16.1 Å². The predicted octanol–water partition coefficient (Wildman–Crippen LogP) is 3.15. The van der Waals surface area contributed by atoms with E-state index >= 15 is 0 Å². The van der Waals surface area contributed by atoms with Gasteiger partial charge in [-0.2, -0.15) is 0 Å². The number of alkyl halides is 3. The van der Waals surface area contributed by atoms with Gasteiger partial charge in [0, 0.05) is 0 Å². The summed E-state index contributed by atoms with van der Waals surface area (Å²) in [6.45, 7) is -0.858. The van der Waals surface area contributed by atoms with Gasteiger partial charge < -0.3 is 19.9 Å². The molecule has 0 aliphatic rings. The monoisotopic (exact) mass is 412 g/mol. The minimum absolute atomic E-state index is 0.0809. The minimum Gasteiger partial charge on any atom is -0.480 e. The molecular formula is C18H15F3N2O6. The molecule has 0 bridgehead atoms. The van der Waals surface area contributed by atoms with Gasteiger partial charge in [0.15, 0.2) is 0 Å². The van der Waals surface area contributed by atoms with Gasteiger partial charge >= 0.3 is 18.4 Å². The number of hydrogen-bond acceptors (Lipinski definition) is 5. The normalized spacial score (nSPS) is 10.7. The fourth-order valence-corrected chi connectivity index (χ4v) is 2.14. The molecule has 154 valence electrons. The topological polar surface area (TPSA) is 114 Å². The fraction of sp³-hybridized carbons (Fsp3) is 0.167. The van der Waals surface area contributed by atoms with E-state index in [1.54, 1.807) is 30.3 Å². The van der Waals surface area contributed by atoms with Crippen LogP contribution in [0.2, 0.25) is 0 Å². The summed E-state index contributed by atoms with van der Waals surface area (Å²) in [7, 11) is 0. The van der Waals surface area contributed by atoms with Gasteiger partial charge in [0.2, 0.25) is 0 Å². The molecule has 0 saturated heterocycles. The van der Waals surface area contributed by atoms with Gasteiger partial charge in [0.1, 0.15) is 18.9 Å². The summed E-state index contributed by atoms with van der Waals surface area (Å²) >= 11 is 0. The van der Waals surface area contributed by atoms with Gasteiger partial charge in [-0.25, -0.2) is 4.79 Å². The lowest BCUT2D eigenvalue weighted by Gasteiger charge is -2.14. The molecule has 0 heterocycles. The van der Waals surface area contributed by atoms with Crippen LogP contribution in [-0.4, -0.2) is 36.0 Å². The number of anilines is 1. The van der Waals surface area contributed by atoms with Crippen molar-refractivity contribution in [2.75, 3.05) is 11.9 Å². The maximum Gasteiger partial charge on any atom is 0.573 e. The van der Waals surface area contributed by atoms with Gasteiger partial charge in [0.05, 0.1) is 11.3 Å². The van der Waals surface area contributed by atoms with Gasteiger partial charge in [-0.3, -0.25) is 14.9 Å². The van der Waals surface area contributed by atoms with Crippen LogP contribution >= 0.6 is 0 Å². The number of carboxylic acids is 1. The van der Waals surface area contributed by atoms with Crippen LogP contribution in [0.1, 0.15) is 15.9 Å². The molecule has 8 nitrogen and oxygen atoms in total. The SMILES string of the molecule is O=C(O)CNC(=O)c1cc(OC(F)(F)F)ccc1NC(=O)OCc1ccccc1. The number of nitrogens with one attached hydrogen (secondary N) is 2. The number of carbonyl (C=O) groups is 3. The van der Waals surface area contributed by atoms with Crippen LogP contribution in [0.3, 0.4) is 0 Å². The van der Waals surface area contributed by atoms with Crippen LogP contribution < -0.4 is 15.4 Å². The average Bonchev–Trinajstić information content (AvgIpc) is 2.65. The first-order chi connectivity index (χ1) is 13.6. The van der Waals surface area contributed by atoms with Crippen molar-refractivity contribution in [2.24, 2.45) is 0 Å². The molecule has 0 atom stereocenters. The number of rotatable bonds is 7. The number of halogens is 3. The standard InChI is InChI=1S/C18H15F3N2O6/c19-18(20,21)29-12-6-7-14(13(8-12)16(26)22-9-15(24)25)23-17(27)28-10-11-4-2-1-3-5-11/h1-8H,9-10H2,(H,22,26)(H,23,27)(H,24,25). The molecule has 0 aliphatic heterocycles. The average molecular weight is 412 g/mol. The Hall–Kier alpha value is -3.76. The molecule has 3 N–H and O–H groups in total. The third-order valence-electron chi connectivity index (χ3n) is 3.32. The second-order valence-corrected chi connectivity index (χ2v) is 5.52. The summed E-state index contributed by atoms with van der Waals surface area (Å²) in [5.41, 5.74) is 0.0566. The van der Waals surface area contributed by atoms with Crippen molar-refractivity contribution in [2.45, 2.75) is 13.0 Å². The van der Waals surface area contributed by atoms with E-state index in [0.717, 1.165) is 18.2 Å². The summed E-state index contributed by atoms with van der Waals surface area (Å²) in [6, 6.07) is 11.3. The smallest absolute Gasteiger partial charge is 0.480 e. The predicted molar refractivity (Wildman–Crippen MR) is 93.3 cm³/mol. The molecule has 0 aliphatic carbocycles. The highest BCUT2D eigenvalue weighted by molar-refractivity contribution is 6.03. The van der Waals surface area contributed by atoms with E-state index in [2.05, 4.69) is 10.1 Å². The van der Waals surface area contributed by atoms with E-state index in [-0.39, 0.29) is 12.3 Å². The van der Waals surface area contributed by atoms with E-state index in [1.807, 2.05) is 5.32 Å². The van der Waals surface area contributed by atoms with Gasteiger partial charge in [-0.15, -0.1) is 13.2 Å². The Labute approximate surface area is 162 Å². The summed E-state index contributed by atoms with van der Waals surface area (Å²) in [5.74, 6) is -3.11. The molecule has 0 spiro atoms. The van der Waals surface area contributed by atoms with Crippen molar-refractivity contribution in [3.63, 3.8) is 0 Å². The molecule has 2 aromatic carbocycles. The van der Waals surface area contributed by atoms with Crippen molar-refractivity contribution in [3.8, 4) is 5.75 Å². The zero-order chi connectivity index (χ0) is 21.4. The van der Waals surface area contributed by atoms with Gasteiger partial charge in [-0.05, 0) is 23.8 Å². The lowest BCUT2D eigenvalue weighted by Crippen LogP contribution is -2.30. The summed E-state index contributed by atoms with van der Waals surface area (Å²) in [4.78, 5) is 34.7. The Kier molecular flexibility index (Phi) is 7.01. The highest BCUT2D eigenvalue weighted by Gasteiger charge is 2.31. The third kappa shape index (κ3) is 7.40. The molecule has 2 rings (SSSR count). The van der Waals surface area contributed by atoms with Crippen molar-refractivity contribution in [1.29, 1.82) is 0 Å². The quantitative estimate of drug-likeness (QED) is 0.644. The largest absolute Gasteiger partial charge is 0.573 e. The molecule has 0 fully saturated rings. The lowest BCUT2D eigenvalue weighted by molar-refractivity contribution is -0.274. The molecule has 0 radical (unpaired) electrons. The Morgan fingerprint density at radius 1 is 1.03 bits per heavy atom. The highest BCUT2D eigenvalue weighted by atomic mass is 19.4. The van der Waals surface area contributed by atoms with Crippen LogP contribution in [0, 0.1) is 0 Å². The number of hydrogen-bond donors (Lipinski definition) is 3. The lowest BCUT2D eigenvalue weighted by atomic mass is 10.1. The molecule has 0 aromatic heterocycles. The Bertz CT molecular complexity index is 887. The van der Waals surface area contributed by atoms with Crippen LogP contribution in [0.15, 0.2) is 48.5 Å². The first-order valence-corrected chi connectivity index (χ1v) is 8.01. The zero-order valence-electron chi connectivity index (χ0n) is 14.7. The van der Waals surface area contributed by atoms with E-state index in [4.69, 9.17) is 9.84 Å². The van der Waals surface area contributed by atoms with Crippen molar-refractivity contribution >= 4 is 23.7 Å². The summed E-state index contributed by atoms with van der Waals surface area (Å²) in [6.07, 6.45) is -5.97. The molecule has 0 unspecified atom stereocenters. The van der Waals surface area contributed by atoms with Crippen molar-refractivity contribution in [1.82, 2.24) is 5.32 Å². The van der Waals surface area contributed by atoms with E-state index < -0.39 is 42.2 Å². The molecule has 0 saturated carbocycles. The maximum absolute atomic E-state index is 12.4. The van der Waals surface area contributed by atoms with Crippen molar-refractivity contribution in [3.05, 3.63) is 59.7 Å². The number of aliphatic carboxylic acids is 1. The van der Waals surface area contributed by atoms with Gasteiger partial charge in [0.25, 0.3) is 5.91 Å². The zero-order valence-corrected chi connectivity index (χ0v) is 14.7. The molecule has 29 heavy (non-hydrogen) atoms. The number of benzene rings is 2. The second-order valence-electron chi connectivity index (χ2n) is 5.52.